The third-order valence-corrected chi connectivity index (χ3v) is 8.16. The molecule has 5 rings (SSSR count). The van der Waals surface area contributed by atoms with Crippen molar-refractivity contribution in [2.24, 2.45) is 0 Å². The summed E-state index contributed by atoms with van der Waals surface area (Å²) in [6.07, 6.45) is 0. The molecule has 0 spiro atoms. The highest BCUT2D eigenvalue weighted by Gasteiger charge is 2.39. The van der Waals surface area contributed by atoms with Gasteiger partial charge in [-0.15, -0.1) is 0 Å². The largest absolute Gasteiger partial charge is 0.486 e. The molecule has 8 nitrogen and oxygen atoms in total. The van der Waals surface area contributed by atoms with Gasteiger partial charge in [0.15, 0.2) is 11.5 Å². The maximum atomic E-state index is 13.3. The van der Waals surface area contributed by atoms with E-state index in [9.17, 15) is 13.2 Å². The van der Waals surface area contributed by atoms with Gasteiger partial charge in [-0.1, -0.05) is 30.3 Å². The molecule has 3 heterocycles. The van der Waals surface area contributed by atoms with Crippen molar-refractivity contribution in [3.63, 3.8) is 0 Å². The van der Waals surface area contributed by atoms with Crippen molar-refractivity contribution in [2.75, 3.05) is 53.0 Å². The van der Waals surface area contributed by atoms with Crippen molar-refractivity contribution in [3.05, 3.63) is 65.2 Å². The number of benzene rings is 2. The molecule has 0 radical (unpaired) electrons. The standard InChI is InChI=1S/C24H27N3O5S/c1-25-12-21(17-5-3-2-4-6-17)24(28)26-13-18-15-27(16-19(18)14-26)33(29,30)20-7-8-22-23(11-20)32-10-9-31-22/h2-8,11,21,25H,9-10,12-16H2,1H3. The monoisotopic (exact) mass is 469 g/mol. The molecule has 174 valence electrons. The van der Waals surface area contributed by atoms with Gasteiger partial charge in [-0.3, -0.25) is 4.79 Å². The van der Waals surface area contributed by atoms with E-state index in [4.69, 9.17) is 9.47 Å². The molecule has 1 N–H and O–H groups in total. The second kappa shape index (κ2) is 8.81. The van der Waals surface area contributed by atoms with Crippen LogP contribution in [0.15, 0.2) is 64.6 Å². The number of ether oxygens (including phenoxy) is 2. The topological polar surface area (TPSA) is 88.2 Å². The van der Waals surface area contributed by atoms with Crippen LogP contribution in [0.25, 0.3) is 0 Å². The van der Waals surface area contributed by atoms with Crippen LogP contribution in [0.3, 0.4) is 0 Å². The van der Waals surface area contributed by atoms with Gasteiger partial charge in [-0.25, -0.2) is 8.42 Å². The SMILES string of the molecule is CNCC(C(=O)N1CC2=C(C1)CN(S(=O)(=O)c1ccc3c(c1)OCCO3)C2)c1ccccc1. The van der Waals surface area contributed by atoms with E-state index in [1.54, 1.807) is 12.1 Å². The lowest BCUT2D eigenvalue weighted by Crippen LogP contribution is -2.40. The van der Waals surface area contributed by atoms with Gasteiger partial charge >= 0.3 is 0 Å². The van der Waals surface area contributed by atoms with Crippen molar-refractivity contribution >= 4 is 15.9 Å². The second-order valence-corrected chi connectivity index (χ2v) is 10.4. The van der Waals surface area contributed by atoms with E-state index in [0.717, 1.165) is 16.7 Å². The molecule has 9 heteroatoms. The molecule has 0 fully saturated rings. The Hall–Kier alpha value is -2.88. The Morgan fingerprint density at radius 1 is 0.970 bits per heavy atom. The minimum absolute atomic E-state index is 0.0613. The summed E-state index contributed by atoms with van der Waals surface area (Å²) in [5.41, 5.74) is 3.01. The molecule has 1 amide bonds. The minimum Gasteiger partial charge on any atom is -0.486 e. The van der Waals surface area contributed by atoms with Crippen LogP contribution in [0.2, 0.25) is 0 Å². The Balaban J connectivity index is 1.27. The van der Waals surface area contributed by atoms with Gasteiger partial charge in [0, 0.05) is 38.8 Å². The normalized spacial score (nSPS) is 19.0. The summed E-state index contributed by atoms with van der Waals surface area (Å²) in [6, 6.07) is 14.5. The van der Waals surface area contributed by atoms with Gasteiger partial charge in [0.2, 0.25) is 15.9 Å². The molecule has 3 aliphatic heterocycles. The van der Waals surface area contributed by atoms with Gasteiger partial charge in [0.1, 0.15) is 13.2 Å². The smallest absolute Gasteiger partial charge is 0.243 e. The summed E-state index contributed by atoms with van der Waals surface area (Å²) in [4.78, 5) is 15.3. The number of hydrogen-bond acceptors (Lipinski definition) is 6. The fourth-order valence-corrected chi connectivity index (χ4v) is 6.11. The Labute approximate surface area is 193 Å². The first-order chi connectivity index (χ1) is 16.0. The first-order valence-electron chi connectivity index (χ1n) is 11.1. The molecule has 0 aliphatic carbocycles. The second-order valence-electron chi connectivity index (χ2n) is 8.50. The number of fused-ring (bicyclic) bond motifs is 1. The van der Waals surface area contributed by atoms with E-state index in [-0.39, 0.29) is 16.7 Å². The van der Waals surface area contributed by atoms with Crippen LogP contribution in [-0.4, -0.2) is 76.5 Å². The average molecular weight is 470 g/mol. The van der Waals surface area contributed by atoms with Crippen LogP contribution in [0.4, 0.5) is 0 Å². The molecule has 2 aromatic carbocycles. The molecule has 3 aliphatic rings. The molecule has 0 saturated carbocycles. The van der Waals surface area contributed by atoms with Crippen LogP contribution >= 0.6 is 0 Å². The Bertz CT molecular complexity index is 1180. The first-order valence-corrected chi connectivity index (χ1v) is 12.5. The summed E-state index contributed by atoms with van der Waals surface area (Å²) in [6.45, 7) is 2.95. The fourth-order valence-electron chi connectivity index (χ4n) is 4.66. The van der Waals surface area contributed by atoms with Crippen molar-refractivity contribution in [3.8, 4) is 11.5 Å². The fraction of sp³-hybridized carbons (Fsp3) is 0.375. The van der Waals surface area contributed by atoms with Crippen LogP contribution in [-0.2, 0) is 14.8 Å². The Morgan fingerprint density at radius 3 is 2.30 bits per heavy atom. The van der Waals surface area contributed by atoms with E-state index in [1.807, 2.05) is 42.3 Å². The molecule has 33 heavy (non-hydrogen) atoms. The number of likely N-dealkylation sites (N-methyl/N-ethyl adjacent to an activating group) is 1. The zero-order valence-electron chi connectivity index (χ0n) is 18.5. The number of sulfonamides is 1. The van der Waals surface area contributed by atoms with Crippen molar-refractivity contribution in [1.29, 1.82) is 0 Å². The zero-order chi connectivity index (χ0) is 23.0. The van der Waals surface area contributed by atoms with Gasteiger partial charge in [0.05, 0.1) is 10.8 Å². The maximum Gasteiger partial charge on any atom is 0.243 e. The van der Waals surface area contributed by atoms with Crippen molar-refractivity contribution < 1.29 is 22.7 Å². The van der Waals surface area contributed by atoms with Gasteiger partial charge in [-0.2, -0.15) is 4.31 Å². The lowest BCUT2D eigenvalue weighted by molar-refractivity contribution is -0.131. The quantitative estimate of drug-likeness (QED) is 0.647. The Morgan fingerprint density at radius 2 is 1.64 bits per heavy atom. The summed E-state index contributed by atoms with van der Waals surface area (Å²) >= 11 is 0. The predicted octanol–water partition coefficient (Wildman–Crippen LogP) is 1.60. The maximum absolute atomic E-state index is 13.3. The van der Waals surface area contributed by atoms with Crippen molar-refractivity contribution in [2.45, 2.75) is 10.8 Å². The number of carbonyl (C=O) groups is 1. The van der Waals surface area contributed by atoms with E-state index < -0.39 is 10.0 Å². The summed E-state index contributed by atoms with van der Waals surface area (Å²) in [5.74, 6) is 0.807. The molecular formula is C24H27N3O5S. The molecule has 0 aromatic heterocycles. The molecule has 0 bridgehead atoms. The molecule has 1 atom stereocenters. The average Bonchev–Trinajstić information content (AvgIpc) is 3.42. The van der Waals surface area contributed by atoms with E-state index in [1.165, 1.54) is 10.4 Å². The van der Waals surface area contributed by atoms with Crippen LogP contribution in [0.5, 0.6) is 11.5 Å². The third kappa shape index (κ3) is 4.12. The van der Waals surface area contributed by atoms with Crippen LogP contribution in [0, 0.1) is 0 Å². The number of nitrogens with one attached hydrogen (secondary N) is 1. The number of nitrogens with zero attached hydrogens (tertiary/aromatic N) is 2. The van der Waals surface area contributed by atoms with Crippen LogP contribution in [0.1, 0.15) is 11.5 Å². The molecule has 2 aromatic rings. The molecular weight excluding hydrogens is 442 g/mol. The summed E-state index contributed by atoms with van der Waals surface area (Å²) < 4.78 is 39.0. The highest BCUT2D eigenvalue weighted by atomic mass is 32.2. The number of rotatable bonds is 6. The highest BCUT2D eigenvalue weighted by molar-refractivity contribution is 7.89. The van der Waals surface area contributed by atoms with Gasteiger partial charge in [0.25, 0.3) is 0 Å². The number of carbonyl (C=O) groups excluding carboxylic acids is 1. The summed E-state index contributed by atoms with van der Waals surface area (Å²) in [5, 5.41) is 3.12. The number of amides is 1. The zero-order valence-corrected chi connectivity index (χ0v) is 19.3. The number of hydrogen-bond donors (Lipinski definition) is 1. The Kier molecular flexibility index (Phi) is 5.86. The minimum atomic E-state index is -3.68. The first kappa shape index (κ1) is 21.9. The van der Waals surface area contributed by atoms with E-state index >= 15 is 0 Å². The van der Waals surface area contributed by atoms with Gasteiger partial charge < -0.3 is 19.7 Å². The predicted molar refractivity (Wildman–Crippen MR) is 123 cm³/mol. The lowest BCUT2D eigenvalue weighted by atomic mass is 9.97. The molecule has 1 unspecified atom stereocenters. The molecule has 0 saturated heterocycles. The van der Waals surface area contributed by atoms with Crippen molar-refractivity contribution in [1.82, 2.24) is 14.5 Å². The van der Waals surface area contributed by atoms with E-state index in [0.29, 0.717) is 57.4 Å². The highest BCUT2D eigenvalue weighted by Crippen LogP contribution is 2.36. The van der Waals surface area contributed by atoms with Crippen LogP contribution < -0.4 is 14.8 Å². The summed E-state index contributed by atoms with van der Waals surface area (Å²) in [7, 11) is -1.84. The third-order valence-electron chi connectivity index (χ3n) is 6.37. The van der Waals surface area contributed by atoms with E-state index in [2.05, 4.69) is 5.32 Å². The lowest BCUT2D eigenvalue weighted by Gasteiger charge is -2.27. The van der Waals surface area contributed by atoms with Gasteiger partial charge in [-0.05, 0) is 35.9 Å².